The van der Waals surface area contributed by atoms with Crippen molar-refractivity contribution in [3.63, 3.8) is 0 Å². The average Bonchev–Trinajstić information content (AvgIpc) is 3.15. The number of anilines is 1. The second-order valence-electron chi connectivity index (χ2n) is 6.54. The molecule has 8 heteroatoms. The second-order valence-corrected chi connectivity index (χ2v) is 6.54. The van der Waals surface area contributed by atoms with Gasteiger partial charge in [-0.2, -0.15) is 5.26 Å². The van der Waals surface area contributed by atoms with E-state index in [1.165, 1.54) is 18.2 Å². The molecule has 28 heavy (non-hydrogen) atoms. The first-order valence-corrected chi connectivity index (χ1v) is 9.38. The first-order chi connectivity index (χ1) is 13.4. The fourth-order valence-corrected chi connectivity index (χ4v) is 3.13. The zero-order valence-electron chi connectivity index (χ0n) is 16.2. The average molecular weight is 387 g/mol. The third-order valence-electron chi connectivity index (χ3n) is 4.46. The number of hydrogen-bond acceptors (Lipinski definition) is 7. The number of nitrogens with zero attached hydrogens (tertiary/aromatic N) is 1. The molecule has 0 radical (unpaired) electrons. The van der Waals surface area contributed by atoms with Crippen LogP contribution in [0, 0.1) is 11.3 Å². The van der Waals surface area contributed by atoms with E-state index < -0.39 is 17.5 Å². The molecule has 1 aromatic carbocycles. The van der Waals surface area contributed by atoms with Gasteiger partial charge < -0.3 is 20.1 Å². The van der Waals surface area contributed by atoms with Crippen molar-refractivity contribution in [1.29, 1.82) is 5.26 Å². The largest absolute Gasteiger partial charge is 0.462 e. The lowest BCUT2D eigenvalue weighted by Gasteiger charge is -2.22. The van der Waals surface area contributed by atoms with Crippen molar-refractivity contribution >= 4 is 23.5 Å². The van der Waals surface area contributed by atoms with E-state index >= 15 is 0 Å². The maximum absolute atomic E-state index is 12.3. The molecule has 2 rings (SSSR count). The topological polar surface area (TPSA) is 118 Å². The highest BCUT2D eigenvalue weighted by Gasteiger charge is 2.35. The first-order valence-electron chi connectivity index (χ1n) is 9.38. The first kappa shape index (κ1) is 21.2. The van der Waals surface area contributed by atoms with Crippen LogP contribution in [-0.2, 0) is 14.3 Å². The number of nitrogens with one attached hydrogen (secondary N) is 2. The predicted octanol–water partition coefficient (Wildman–Crippen LogP) is 2.40. The van der Waals surface area contributed by atoms with Crippen LogP contribution in [0.3, 0.4) is 0 Å². The molecule has 0 aliphatic heterocycles. The molecular formula is C20H25N3O5. The molecule has 0 heterocycles. The fourth-order valence-electron chi connectivity index (χ4n) is 3.13. The van der Waals surface area contributed by atoms with Gasteiger partial charge in [-0.05, 0) is 57.7 Å². The molecular weight excluding hydrogens is 362 g/mol. The van der Waals surface area contributed by atoms with Gasteiger partial charge in [0.15, 0.2) is 0 Å². The number of amides is 1. The molecule has 1 saturated carbocycles. The van der Waals surface area contributed by atoms with Crippen molar-refractivity contribution in [3.8, 4) is 6.07 Å². The van der Waals surface area contributed by atoms with Crippen molar-refractivity contribution in [2.24, 2.45) is 0 Å². The van der Waals surface area contributed by atoms with Gasteiger partial charge in [-0.15, -0.1) is 0 Å². The number of carbonyl (C=O) groups is 3. The fraction of sp³-hybridized carbons (Fsp3) is 0.500. The number of hydrogen-bond donors (Lipinski definition) is 2. The minimum absolute atomic E-state index is 0.0992. The zero-order valence-corrected chi connectivity index (χ0v) is 16.2. The molecule has 0 aromatic heterocycles. The standard InChI is InChI=1S/C20H25N3O5/c1-3-27-18(25)14-9-15(19(26)28-4-2)11-16(10-14)22-12-17(24)23-20(13-21)7-5-6-8-20/h9-11,22H,3-8,12H2,1-2H3,(H,23,24). The molecule has 8 nitrogen and oxygen atoms in total. The summed E-state index contributed by atoms with van der Waals surface area (Å²) in [5.41, 5.74) is -0.0397. The molecule has 1 fully saturated rings. The molecule has 1 aliphatic rings. The van der Waals surface area contributed by atoms with Gasteiger partial charge in [0, 0.05) is 5.69 Å². The van der Waals surface area contributed by atoms with E-state index in [-0.39, 0.29) is 36.8 Å². The van der Waals surface area contributed by atoms with Gasteiger partial charge in [0.05, 0.1) is 37.0 Å². The maximum atomic E-state index is 12.3. The number of rotatable bonds is 8. The Balaban J connectivity index is 2.12. The van der Waals surface area contributed by atoms with E-state index in [1.54, 1.807) is 13.8 Å². The van der Waals surface area contributed by atoms with Gasteiger partial charge in [0.25, 0.3) is 0 Å². The van der Waals surface area contributed by atoms with E-state index in [0.717, 1.165) is 12.8 Å². The van der Waals surface area contributed by atoms with Crippen LogP contribution >= 0.6 is 0 Å². The van der Waals surface area contributed by atoms with E-state index in [1.807, 2.05) is 0 Å². The Labute approximate surface area is 164 Å². The lowest BCUT2D eigenvalue weighted by atomic mass is 10.00. The van der Waals surface area contributed by atoms with Crippen LogP contribution in [0.1, 0.15) is 60.2 Å². The summed E-state index contributed by atoms with van der Waals surface area (Å²) in [6.45, 7) is 3.67. The Bertz CT molecular complexity index is 742. The van der Waals surface area contributed by atoms with E-state index in [4.69, 9.17) is 9.47 Å². The molecule has 1 aromatic rings. The van der Waals surface area contributed by atoms with Gasteiger partial charge in [-0.3, -0.25) is 4.79 Å². The normalized spacial score (nSPS) is 14.6. The third-order valence-corrected chi connectivity index (χ3v) is 4.46. The highest BCUT2D eigenvalue weighted by Crippen LogP contribution is 2.28. The summed E-state index contributed by atoms with van der Waals surface area (Å²) >= 11 is 0. The number of nitriles is 1. The lowest BCUT2D eigenvalue weighted by molar-refractivity contribution is -0.120. The summed E-state index contributed by atoms with van der Waals surface area (Å²) in [5, 5.41) is 15.0. The summed E-state index contributed by atoms with van der Waals surface area (Å²) in [7, 11) is 0. The van der Waals surface area contributed by atoms with Crippen molar-refractivity contribution < 1.29 is 23.9 Å². The summed E-state index contributed by atoms with van der Waals surface area (Å²) in [6, 6.07) is 6.60. The molecule has 0 unspecified atom stereocenters. The number of ether oxygens (including phenoxy) is 2. The zero-order chi connectivity index (χ0) is 20.6. The molecule has 1 aliphatic carbocycles. The smallest absolute Gasteiger partial charge is 0.338 e. The molecule has 0 atom stereocenters. The van der Waals surface area contributed by atoms with Crippen molar-refractivity contribution in [2.45, 2.75) is 45.1 Å². The van der Waals surface area contributed by atoms with E-state index in [0.29, 0.717) is 18.5 Å². The Hall–Kier alpha value is -3.08. The second kappa shape index (κ2) is 9.74. The van der Waals surface area contributed by atoms with Gasteiger partial charge in [-0.1, -0.05) is 0 Å². The van der Waals surface area contributed by atoms with Gasteiger partial charge >= 0.3 is 11.9 Å². The summed E-state index contributed by atoms with van der Waals surface area (Å²) in [6.07, 6.45) is 3.10. The lowest BCUT2D eigenvalue weighted by Crippen LogP contribution is -2.47. The monoisotopic (exact) mass is 387 g/mol. The molecule has 0 saturated heterocycles. The SMILES string of the molecule is CCOC(=O)c1cc(NCC(=O)NC2(C#N)CCCC2)cc(C(=O)OCC)c1. The Kier molecular flexibility index (Phi) is 7.38. The van der Waals surface area contributed by atoms with Crippen LogP contribution in [0.25, 0.3) is 0 Å². The molecule has 1 amide bonds. The predicted molar refractivity (Wildman–Crippen MR) is 102 cm³/mol. The molecule has 2 N–H and O–H groups in total. The van der Waals surface area contributed by atoms with Crippen LogP contribution < -0.4 is 10.6 Å². The summed E-state index contributed by atoms with van der Waals surface area (Å²) < 4.78 is 9.97. The summed E-state index contributed by atoms with van der Waals surface area (Å²) in [5.74, 6) is -1.48. The van der Waals surface area contributed by atoms with Crippen LogP contribution in [0.4, 0.5) is 5.69 Å². The minimum atomic E-state index is -0.804. The van der Waals surface area contributed by atoms with Crippen molar-refractivity contribution in [2.75, 3.05) is 25.1 Å². The van der Waals surface area contributed by atoms with Gasteiger partial charge in [0.1, 0.15) is 5.54 Å². The Morgan fingerprint density at radius 3 is 2.04 bits per heavy atom. The molecule has 0 spiro atoms. The van der Waals surface area contributed by atoms with Crippen LogP contribution in [0.15, 0.2) is 18.2 Å². The quantitative estimate of drug-likeness (QED) is 0.658. The minimum Gasteiger partial charge on any atom is -0.462 e. The highest BCUT2D eigenvalue weighted by molar-refractivity contribution is 5.97. The van der Waals surface area contributed by atoms with Crippen LogP contribution in [0.5, 0.6) is 0 Å². The third kappa shape index (κ3) is 5.46. The van der Waals surface area contributed by atoms with Gasteiger partial charge in [-0.25, -0.2) is 9.59 Å². The van der Waals surface area contributed by atoms with Crippen molar-refractivity contribution in [1.82, 2.24) is 5.32 Å². The van der Waals surface area contributed by atoms with Crippen molar-refractivity contribution in [3.05, 3.63) is 29.3 Å². The number of esters is 2. The van der Waals surface area contributed by atoms with E-state index in [2.05, 4.69) is 16.7 Å². The van der Waals surface area contributed by atoms with Crippen LogP contribution in [0.2, 0.25) is 0 Å². The molecule has 0 bridgehead atoms. The van der Waals surface area contributed by atoms with Crippen LogP contribution in [-0.4, -0.2) is 43.1 Å². The highest BCUT2D eigenvalue weighted by atomic mass is 16.5. The number of carbonyl (C=O) groups excluding carboxylic acids is 3. The molecule has 150 valence electrons. The number of benzene rings is 1. The van der Waals surface area contributed by atoms with Gasteiger partial charge in [0.2, 0.25) is 5.91 Å². The van der Waals surface area contributed by atoms with E-state index in [9.17, 15) is 19.6 Å². The summed E-state index contributed by atoms with van der Waals surface area (Å²) in [4.78, 5) is 36.4. The Morgan fingerprint density at radius 1 is 1.04 bits per heavy atom. The maximum Gasteiger partial charge on any atom is 0.338 e. The Morgan fingerprint density at radius 2 is 1.57 bits per heavy atom.